The Hall–Kier alpha value is -0.770. The first kappa shape index (κ1) is 9.46. The van der Waals surface area contributed by atoms with Gasteiger partial charge in [-0.3, -0.25) is 0 Å². The van der Waals surface area contributed by atoms with Crippen LogP contribution in [0, 0.1) is 0 Å². The minimum absolute atomic E-state index is 0.669. The first-order valence-corrected chi connectivity index (χ1v) is 6.56. The summed E-state index contributed by atoms with van der Waals surface area (Å²) in [5, 5.41) is 1.36. The van der Waals surface area contributed by atoms with Gasteiger partial charge in [-0.2, -0.15) is 4.37 Å². The highest BCUT2D eigenvalue weighted by Gasteiger charge is 2.34. The van der Waals surface area contributed by atoms with Crippen molar-refractivity contribution in [2.24, 2.45) is 0 Å². The Morgan fingerprint density at radius 3 is 2.80 bits per heavy atom. The van der Waals surface area contributed by atoms with Crippen LogP contribution in [0.3, 0.4) is 0 Å². The maximum Gasteiger partial charge on any atom is 0.142 e. The number of hydrogen-bond acceptors (Lipinski definition) is 4. The average Bonchev–Trinajstić information content (AvgIpc) is 2.85. The number of aromatic nitrogens is 1. The topological polar surface area (TPSA) is 42.2 Å². The molecule has 3 nitrogen and oxygen atoms in total. The van der Waals surface area contributed by atoms with E-state index in [1.54, 1.807) is 11.5 Å². The minimum atomic E-state index is 0.669. The Morgan fingerprint density at radius 2 is 2.20 bits per heavy atom. The lowest BCUT2D eigenvalue weighted by molar-refractivity contribution is 0.736. The Labute approximate surface area is 94.4 Å². The summed E-state index contributed by atoms with van der Waals surface area (Å²) in [6, 6.07) is 0.669. The molecule has 1 atom stereocenters. The largest absolute Gasteiger partial charge is 0.383 e. The summed E-state index contributed by atoms with van der Waals surface area (Å²) in [4.78, 5) is 2.50. The van der Waals surface area contributed by atoms with Gasteiger partial charge in [0.1, 0.15) is 10.8 Å². The predicted octanol–water partition coefficient (Wildman–Crippen LogP) is 2.59. The molecule has 1 aromatic rings. The Morgan fingerprint density at radius 1 is 1.40 bits per heavy atom. The molecule has 0 amide bonds. The summed E-state index contributed by atoms with van der Waals surface area (Å²) in [6.07, 6.45) is 5.22. The van der Waals surface area contributed by atoms with Gasteiger partial charge in [-0.05, 0) is 50.1 Å². The van der Waals surface area contributed by atoms with Crippen molar-refractivity contribution in [3.05, 3.63) is 5.56 Å². The normalized spacial score (nSPS) is 26.2. The fraction of sp³-hybridized carbons (Fsp3) is 0.727. The molecule has 1 aromatic heterocycles. The molecule has 1 aliphatic carbocycles. The van der Waals surface area contributed by atoms with Crippen LogP contribution in [0.25, 0.3) is 0 Å². The second kappa shape index (κ2) is 3.37. The fourth-order valence-corrected chi connectivity index (χ4v) is 3.53. The SMILES string of the molecule is CC1CCCN1c1snc(N)c1C1CC1. The van der Waals surface area contributed by atoms with Crippen LogP contribution >= 0.6 is 11.5 Å². The van der Waals surface area contributed by atoms with Crippen LogP contribution in [0.5, 0.6) is 0 Å². The van der Waals surface area contributed by atoms with E-state index in [0.29, 0.717) is 12.0 Å². The first-order chi connectivity index (χ1) is 7.27. The third-order valence-electron chi connectivity index (χ3n) is 3.54. The molecule has 0 bridgehead atoms. The fourth-order valence-electron chi connectivity index (χ4n) is 2.50. The van der Waals surface area contributed by atoms with Crippen LogP contribution in [0.1, 0.15) is 44.1 Å². The summed E-state index contributed by atoms with van der Waals surface area (Å²) in [5.41, 5.74) is 7.32. The van der Waals surface area contributed by atoms with E-state index in [9.17, 15) is 0 Å². The van der Waals surface area contributed by atoms with Crippen molar-refractivity contribution in [2.45, 2.75) is 44.6 Å². The smallest absolute Gasteiger partial charge is 0.142 e. The lowest BCUT2D eigenvalue weighted by Crippen LogP contribution is -2.26. The van der Waals surface area contributed by atoms with Gasteiger partial charge in [0.15, 0.2) is 0 Å². The molecule has 1 saturated heterocycles. The van der Waals surface area contributed by atoms with Gasteiger partial charge >= 0.3 is 0 Å². The highest BCUT2D eigenvalue weighted by atomic mass is 32.1. The van der Waals surface area contributed by atoms with Crippen molar-refractivity contribution < 1.29 is 0 Å². The van der Waals surface area contributed by atoms with Crippen LogP contribution < -0.4 is 10.6 Å². The molecule has 4 heteroatoms. The van der Waals surface area contributed by atoms with Gasteiger partial charge in [0.25, 0.3) is 0 Å². The standard InChI is InChI=1S/C11H17N3S/c1-7-3-2-6-14(7)11-9(8-4-5-8)10(12)13-15-11/h7-8H,2-6H2,1H3,(H2,12,13). The molecule has 2 heterocycles. The number of nitrogen functional groups attached to an aromatic ring is 1. The van der Waals surface area contributed by atoms with Crippen molar-refractivity contribution in [1.29, 1.82) is 0 Å². The quantitative estimate of drug-likeness (QED) is 0.838. The number of rotatable bonds is 2. The highest BCUT2D eigenvalue weighted by molar-refractivity contribution is 7.10. The van der Waals surface area contributed by atoms with Crippen LogP contribution in [0.4, 0.5) is 10.8 Å². The molecule has 2 aliphatic rings. The average molecular weight is 223 g/mol. The monoisotopic (exact) mass is 223 g/mol. The van der Waals surface area contributed by atoms with Crippen molar-refractivity contribution in [3.63, 3.8) is 0 Å². The van der Waals surface area contributed by atoms with Crippen molar-refractivity contribution in [2.75, 3.05) is 17.2 Å². The lowest BCUT2D eigenvalue weighted by Gasteiger charge is -2.22. The molecule has 3 rings (SSSR count). The number of hydrogen-bond donors (Lipinski definition) is 1. The van der Waals surface area contributed by atoms with Gasteiger partial charge in [0, 0.05) is 18.2 Å². The molecule has 0 spiro atoms. The van der Waals surface area contributed by atoms with Gasteiger partial charge < -0.3 is 10.6 Å². The number of anilines is 2. The molecule has 1 saturated carbocycles. The summed E-state index contributed by atoms with van der Waals surface area (Å²) >= 11 is 1.60. The summed E-state index contributed by atoms with van der Waals surface area (Å²) in [6.45, 7) is 3.49. The van der Waals surface area contributed by atoms with E-state index >= 15 is 0 Å². The van der Waals surface area contributed by atoms with Gasteiger partial charge in [0.2, 0.25) is 0 Å². The second-order valence-corrected chi connectivity index (χ2v) is 5.50. The van der Waals surface area contributed by atoms with Gasteiger partial charge in [-0.15, -0.1) is 0 Å². The Bertz CT molecular complexity index is 370. The predicted molar refractivity (Wildman–Crippen MR) is 64.5 cm³/mol. The third-order valence-corrected chi connectivity index (χ3v) is 4.45. The maximum atomic E-state index is 5.97. The molecule has 1 aliphatic heterocycles. The van der Waals surface area contributed by atoms with E-state index in [1.807, 2.05) is 0 Å². The number of nitrogens with zero attached hydrogens (tertiary/aromatic N) is 2. The van der Waals surface area contributed by atoms with E-state index in [0.717, 1.165) is 5.82 Å². The van der Waals surface area contributed by atoms with Crippen LogP contribution in [0.2, 0.25) is 0 Å². The summed E-state index contributed by atoms with van der Waals surface area (Å²) in [5.74, 6) is 1.50. The van der Waals surface area contributed by atoms with Crippen molar-refractivity contribution in [3.8, 4) is 0 Å². The second-order valence-electron chi connectivity index (χ2n) is 4.75. The first-order valence-electron chi connectivity index (χ1n) is 5.79. The number of nitrogens with two attached hydrogens (primary N) is 1. The molecular formula is C11H17N3S. The van der Waals surface area contributed by atoms with Gasteiger partial charge in [0.05, 0.1) is 0 Å². The van der Waals surface area contributed by atoms with E-state index < -0.39 is 0 Å². The van der Waals surface area contributed by atoms with Crippen LogP contribution in [-0.4, -0.2) is 17.0 Å². The van der Waals surface area contributed by atoms with Crippen molar-refractivity contribution in [1.82, 2.24) is 4.37 Å². The lowest BCUT2D eigenvalue weighted by atomic mass is 10.2. The molecule has 0 aromatic carbocycles. The van der Waals surface area contributed by atoms with E-state index in [4.69, 9.17) is 5.73 Å². The summed E-state index contributed by atoms with van der Waals surface area (Å²) < 4.78 is 4.33. The van der Waals surface area contributed by atoms with Gasteiger partial charge in [-0.25, -0.2) is 0 Å². The van der Waals surface area contributed by atoms with Crippen LogP contribution in [-0.2, 0) is 0 Å². The molecule has 1 unspecified atom stereocenters. The zero-order valence-corrected chi connectivity index (χ0v) is 9.89. The van der Waals surface area contributed by atoms with Crippen molar-refractivity contribution >= 4 is 22.4 Å². The highest BCUT2D eigenvalue weighted by Crippen LogP contribution is 2.49. The molecule has 2 fully saturated rings. The Kier molecular flexibility index (Phi) is 2.12. The molecule has 0 radical (unpaired) electrons. The molecule has 2 N–H and O–H groups in total. The van der Waals surface area contributed by atoms with E-state index in [2.05, 4.69) is 16.2 Å². The third kappa shape index (κ3) is 1.51. The van der Waals surface area contributed by atoms with E-state index in [-0.39, 0.29) is 0 Å². The minimum Gasteiger partial charge on any atom is -0.383 e. The zero-order chi connectivity index (χ0) is 10.4. The van der Waals surface area contributed by atoms with Crippen LogP contribution in [0.15, 0.2) is 0 Å². The maximum absolute atomic E-state index is 5.97. The van der Waals surface area contributed by atoms with Gasteiger partial charge in [-0.1, -0.05) is 0 Å². The summed E-state index contributed by atoms with van der Waals surface area (Å²) in [7, 11) is 0. The molecule has 15 heavy (non-hydrogen) atoms. The Balaban J connectivity index is 1.96. The molecule has 82 valence electrons. The zero-order valence-electron chi connectivity index (χ0n) is 9.07. The van der Waals surface area contributed by atoms with E-state index in [1.165, 1.54) is 42.8 Å². The molecular weight excluding hydrogens is 206 g/mol.